The topological polar surface area (TPSA) is 36.4 Å². The van der Waals surface area contributed by atoms with Crippen LogP contribution in [0.1, 0.15) is 39.6 Å². The summed E-state index contributed by atoms with van der Waals surface area (Å²) in [6.07, 6.45) is 3.75. The fourth-order valence-corrected chi connectivity index (χ4v) is 4.02. The van der Waals surface area contributed by atoms with E-state index in [0.717, 1.165) is 29.4 Å². The first-order valence-electron chi connectivity index (χ1n) is 7.12. The van der Waals surface area contributed by atoms with E-state index in [0.29, 0.717) is 11.7 Å². The molecular weight excluding hydrogens is 258 g/mol. The lowest BCUT2D eigenvalue weighted by molar-refractivity contribution is 0.0774. The van der Waals surface area contributed by atoms with Gasteiger partial charge < -0.3 is 4.90 Å². The maximum atomic E-state index is 12.5. The number of amides is 1. The van der Waals surface area contributed by atoms with Gasteiger partial charge in [-0.25, -0.2) is 4.98 Å². The number of carbonyl (C=O) groups is 1. The van der Waals surface area contributed by atoms with Gasteiger partial charge >= 0.3 is 0 Å². The van der Waals surface area contributed by atoms with Gasteiger partial charge in [0.1, 0.15) is 5.69 Å². The summed E-state index contributed by atoms with van der Waals surface area (Å²) in [4.78, 5) is 22.5. The van der Waals surface area contributed by atoms with Crippen molar-refractivity contribution in [1.82, 2.24) is 14.8 Å². The normalized spacial score (nSPS) is 24.3. The molecule has 1 amide bonds. The third-order valence-corrected chi connectivity index (χ3v) is 5.10. The quantitative estimate of drug-likeness (QED) is 0.831. The molecule has 5 heteroatoms. The number of likely N-dealkylation sites (tertiary alicyclic amines) is 2. The Morgan fingerprint density at radius 1 is 1.26 bits per heavy atom. The highest BCUT2D eigenvalue weighted by molar-refractivity contribution is 7.11. The van der Waals surface area contributed by atoms with Crippen molar-refractivity contribution in [3.63, 3.8) is 0 Å². The van der Waals surface area contributed by atoms with Crippen LogP contribution >= 0.6 is 11.3 Å². The molecule has 3 rings (SSSR count). The standard InChI is InChI=1S/C14H21N3OS/c1-10-13(15-11(2)19-10)14(18)17-8-5-12(9-17)16-6-3-4-7-16/h12H,3-9H2,1-2H3. The largest absolute Gasteiger partial charge is 0.336 e. The molecule has 0 N–H and O–H groups in total. The van der Waals surface area contributed by atoms with Gasteiger partial charge in [-0.2, -0.15) is 0 Å². The minimum Gasteiger partial charge on any atom is -0.336 e. The summed E-state index contributed by atoms with van der Waals surface area (Å²) in [7, 11) is 0. The van der Waals surface area contributed by atoms with Gasteiger partial charge in [0.25, 0.3) is 5.91 Å². The number of rotatable bonds is 2. The van der Waals surface area contributed by atoms with Crippen LogP contribution in [0.2, 0.25) is 0 Å². The van der Waals surface area contributed by atoms with Crippen LogP contribution in [-0.4, -0.2) is 52.9 Å². The van der Waals surface area contributed by atoms with Crippen molar-refractivity contribution in [2.45, 2.75) is 39.2 Å². The van der Waals surface area contributed by atoms with E-state index >= 15 is 0 Å². The predicted molar refractivity (Wildman–Crippen MR) is 76.7 cm³/mol. The molecule has 0 spiro atoms. The number of nitrogens with zero attached hydrogens (tertiary/aromatic N) is 3. The van der Waals surface area contributed by atoms with Crippen molar-refractivity contribution < 1.29 is 4.79 Å². The van der Waals surface area contributed by atoms with Crippen molar-refractivity contribution in [2.75, 3.05) is 26.2 Å². The molecule has 1 aromatic heterocycles. The third kappa shape index (κ3) is 2.54. The van der Waals surface area contributed by atoms with Crippen molar-refractivity contribution in [1.29, 1.82) is 0 Å². The van der Waals surface area contributed by atoms with Gasteiger partial charge in [-0.05, 0) is 46.2 Å². The van der Waals surface area contributed by atoms with E-state index in [1.54, 1.807) is 11.3 Å². The van der Waals surface area contributed by atoms with Crippen molar-refractivity contribution >= 4 is 17.2 Å². The molecule has 104 valence electrons. The second-order valence-electron chi connectivity index (χ2n) is 5.57. The summed E-state index contributed by atoms with van der Waals surface area (Å²) in [5.74, 6) is 0.128. The molecule has 0 saturated carbocycles. The summed E-state index contributed by atoms with van der Waals surface area (Å²) in [5, 5.41) is 0.983. The Hall–Kier alpha value is -0.940. The van der Waals surface area contributed by atoms with Gasteiger partial charge in [0.05, 0.1) is 5.01 Å². The number of hydrogen-bond acceptors (Lipinski definition) is 4. The summed E-state index contributed by atoms with van der Waals surface area (Å²) in [6.45, 7) is 8.14. The van der Waals surface area contributed by atoms with Gasteiger partial charge in [-0.15, -0.1) is 11.3 Å². The molecule has 1 atom stereocenters. The van der Waals surface area contributed by atoms with Crippen molar-refractivity contribution in [3.05, 3.63) is 15.6 Å². The zero-order valence-electron chi connectivity index (χ0n) is 11.7. The Kier molecular flexibility index (Phi) is 3.58. The first-order valence-corrected chi connectivity index (χ1v) is 7.94. The molecule has 19 heavy (non-hydrogen) atoms. The molecule has 1 unspecified atom stereocenters. The predicted octanol–water partition coefficient (Wildman–Crippen LogP) is 2.07. The van der Waals surface area contributed by atoms with Crippen molar-refractivity contribution in [2.24, 2.45) is 0 Å². The minimum atomic E-state index is 0.128. The molecule has 1 aromatic rings. The van der Waals surface area contributed by atoms with E-state index in [1.807, 2.05) is 18.7 Å². The molecule has 0 aliphatic carbocycles. The van der Waals surface area contributed by atoms with E-state index in [4.69, 9.17) is 0 Å². The first-order chi connectivity index (χ1) is 9.15. The Labute approximate surface area is 118 Å². The molecule has 2 aliphatic rings. The van der Waals surface area contributed by atoms with E-state index in [9.17, 15) is 4.79 Å². The van der Waals surface area contributed by atoms with E-state index in [1.165, 1.54) is 25.9 Å². The first kappa shape index (κ1) is 13.1. The number of carbonyl (C=O) groups excluding carboxylic acids is 1. The highest BCUT2D eigenvalue weighted by Crippen LogP contribution is 2.24. The molecular formula is C14H21N3OS. The van der Waals surface area contributed by atoms with E-state index < -0.39 is 0 Å². The van der Waals surface area contributed by atoms with Crippen LogP contribution in [0, 0.1) is 13.8 Å². The highest BCUT2D eigenvalue weighted by atomic mass is 32.1. The highest BCUT2D eigenvalue weighted by Gasteiger charge is 2.33. The maximum absolute atomic E-state index is 12.5. The van der Waals surface area contributed by atoms with Gasteiger partial charge in [0, 0.05) is 24.0 Å². The number of aryl methyl sites for hydroxylation is 2. The Morgan fingerprint density at radius 3 is 2.63 bits per heavy atom. The molecule has 2 fully saturated rings. The van der Waals surface area contributed by atoms with Crippen LogP contribution in [0.4, 0.5) is 0 Å². The van der Waals surface area contributed by atoms with Crippen LogP contribution in [-0.2, 0) is 0 Å². The average Bonchev–Trinajstić information content (AvgIpc) is 3.06. The molecule has 4 nitrogen and oxygen atoms in total. The van der Waals surface area contributed by atoms with Crippen molar-refractivity contribution in [3.8, 4) is 0 Å². The smallest absolute Gasteiger partial charge is 0.273 e. The Balaban J connectivity index is 1.67. The zero-order valence-corrected chi connectivity index (χ0v) is 12.5. The molecule has 0 aromatic carbocycles. The van der Waals surface area contributed by atoms with Crippen LogP contribution in [0.5, 0.6) is 0 Å². The van der Waals surface area contributed by atoms with Gasteiger partial charge in [-0.3, -0.25) is 9.69 Å². The molecule has 3 heterocycles. The van der Waals surface area contributed by atoms with Crippen LogP contribution in [0.3, 0.4) is 0 Å². The van der Waals surface area contributed by atoms with Gasteiger partial charge in [-0.1, -0.05) is 0 Å². The second-order valence-corrected chi connectivity index (χ2v) is 6.98. The zero-order chi connectivity index (χ0) is 13.4. The third-order valence-electron chi connectivity index (χ3n) is 4.21. The lowest BCUT2D eigenvalue weighted by Gasteiger charge is -2.23. The fourth-order valence-electron chi connectivity index (χ4n) is 3.21. The summed E-state index contributed by atoms with van der Waals surface area (Å²) < 4.78 is 0. The number of aromatic nitrogens is 1. The molecule has 0 bridgehead atoms. The lowest BCUT2D eigenvalue weighted by Crippen LogP contribution is -2.37. The van der Waals surface area contributed by atoms with Crippen LogP contribution in [0.15, 0.2) is 0 Å². The van der Waals surface area contributed by atoms with Gasteiger partial charge in [0.2, 0.25) is 0 Å². The number of thiazole rings is 1. The van der Waals surface area contributed by atoms with Crippen LogP contribution < -0.4 is 0 Å². The van der Waals surface area contributed by atoms with E-state index in [-0.39, 0.29) is 5.91 Å². The maximum Gasteiger partial charge on any atom is 0.273 e. The molecule has 2 aliphatic heterocycles. The summed E-state index contributed by atoms with van der Waals surface area (Å²) in [6, 6.07) is 0.575. The van der Waals surface area contributed by atoms with Gasteiger partial charge in [0.15, 0.2) is 0 Å². The SMILES string of the molecule is Cc1nc(C(=O)N2CCC(N3CCCC3)C2)c(C)s1. The molecule has 2 saturated heterocycles. The fraction of sp³-hybridized carbons (Fsp3) is 0.714. The minimum absolute atomic E-state index is 0.128. The summed E-state index contributed by atoms with van der Waals surface area (Å²) >= 11 is 1.61. The molecule has 0 radical (unpaired) electrons. The summed E-state index contributed by atoms with van der Waals surface area (Å²) in [5.41, 5.74) is 0.671. The Morgan fingerprint density at radius 2 is 2.00 bits per heavy atom. The Bertz CT molecular complexity index is 479. The average molecular weight is 279 g/mol. The second kappa shape index (κ2) is 5.21. The number of hydrogen-bond donors (Lipinski definition) is 0. The lowest BCUT2D eigenvalue weighted by atomic mass is 10.2. The monoisotopic (exact) mass is 279 g/mol. The van der Waals surface area contributed by atoms with Crippen LogP contribution in [0.25, 0.3) is 0 Å². The van der Waals surface area contributed by atoms with E-state index in [2.05, 4.69) is 9.88 Å².